The van der Waals surface area contributed by atoms with Crippen LogP contribution in [0.25, 0.3) is 5.69 Å². The van der Waals surface area contributed by atoms with Crippen molar-refractivity contribution < 1.29 is 10.2 Å². The van der Waals surface area contributed by atoms with E-state index in [0.29, 0.717) is 16.7 Å². The molecule has 0 fully saturated rings. The van der Waals surface area contributed by atoms with Gasteiger partial charge in [0.2, 0.25) is 0 Å². The largest absolute Gasteiger partial charge is 0.508 e. The van der Waals surface area contributed by atoms with Crippen LogP contribution in [-0.2, 0) is 6.42 Å². The van der Waals surface area contributed by atoms with E-state index in [0.717, 1.165) is 5.56 Å². The summed E-state index contributed by atoms with van der Waals surface area (Å²) in [5.74, 6) is 0.117. The fraction of sp³-hybridized carbons (Fsp3) is 0.182. The van der Waals surface area contributed by atoms with E-state index >= 15 is 0 Å². The van der Waals surface area contributed by atoms with Gasteiger partial charge in [-0.05, 0) is 24.1 Å². The Kier molecular flexibility index (Phi) is 2.70. The van der Waals surface area contributed by atoms with E-state index in [1.807, 2.05) is 6.92 Å². The zero-order valence-electron chi connectivity index (χ0n) is 8.77. The molecular weight excluding hydrogens is 224 g/mol. The van der Waals surface area contributed by atoms with E-state index in [2.05, 4.69) is 5.10 Å². The predicted molar refractivity (Wildman–Crippen MR) is 63.7 cm³/mol. The Morgan fingerprint density at radius 2 is 2.06 bits per heavy atom. The summed E-state index contributed by atoms with van der Waals surface area (Å²) in [6, 6.07) is 4.80. The molecule has 1 aromatic heterocycles. The van der Waals surface area contributed by atoms with E-state index in [9.17, 15) is 10.2 Å². The second-order valence-electron chi connectivity index (χ2n) is 3.48. The van der Waals surface area contributed by atoms with Crippen molar-refractivity contribution in [1.29, 1.82) is 0 Å². The molecule has 0 aliphatic heterocycles. The van der Waals surface area contributed by atoms with Gasteiger partial charge in [-0.25, -0.2) is 0 Å². The van der Waals surface area contributed by atoms with Crippen LogP contribution in [0.2, 0.25) is 0 Å². The SMILES string of the molecule is CCc1cc(-n2ccc(=S)[nH]2)c(O)cc1O. The van der Waals surface area contributed by atoms with Gasteiger partial charge in [0, 0.05) is 12.3 Å². The number of phenolic OH excluding ortho intramolecular Hbond substituents is 2. The molecule has 84 valence electrons. The van der Waals surface area contributed by atoms with E-state index in [-0.39, 0.29) is 11.5 Å². The fourth-order valence-electron chi connectivity index (χ4n) is 1.56. The molecule has 0 aliphatic carbocycles. The summed E-state index contributed by atoms with van der Waals surface area (Å²) in [5, 5.41) is 22.2. The third kappa shape index (κ3) is 1.81. The molecule has 1 heterocycles. The molecule has 0 radical (unpaired) electrons. The maximum atomic E-state index is 9.74. The second-order valence-corrected chi connectivity index (χ2v) is 3.92. The Labute approximate surface area is 97.8 Å². The zero-order valence-corrected chi connectivity index (χ0v) is 9.58. The maximum absolute atomic E-state index is 9.74. The first-order valence-corrected chi connectivity index (χ1v) is 5.35. The first kappa shape index (κ1) is 10.8. The van der Waals surface area contributed by atoms with Crippen LogP contribution in [0, 0.1) is 4.64 Å². The van der Waals surface area contributed by atoms with Crippen molar-refractivity contribution in [1.82, 2.24) is 9.78 Å². The number of aryl methyl sites for hydroxylation is 1. The van der Waals surface area contributed by atoms with Crippen molar-refractivity contribution in [2.75, 3.05) is 0 Å². The lowest BCUT2D eigenvalue weighted by Gasteiger charge is -2.09. The van der Waals surface area contributed by atoms with Crippen LogP contribution in [0.4, 0.5) is 0 Å². The minimum Gasteiger partial charge on any atom is -0.508 e. The van der Waals surface area contributed by atoms with E-state index in [4.69, 9.17) is 12.2 Å². The minimum atomic E-state index is 0.0107. The van der Waals surface area contributed by atoms with Gasteiger partial charge in [-0.15, -0.1) is 0 Å². The molecule has 0 aliphatic rings. The number of phenols is 2. The van der Waals surface area contributed by atoms with Crippen molar-refractivity contribution in [3.63, 3.8) is 0 Å². The molecule has 2 aromatic rings. The first-order valence-electron chi connectivity index (χ1n) is 4.94. The van der Waals surface area contributed by atoms with Gasteiger partial charge in [-0.2, -0.15) is 0 Å². The Morgan fingerprint density at radius 3 is 2.62 bits per heavy atom. The summed E-state index contributed by atoms with van der Waals surface area (Å²) < 4.78 is 2.21. The zero-order chi connectivity index (χ0) is 11.7. The topological polar surface area (TPSA) is 61.2 Å². The average molecular weight is 236 g/mol. The monoisotopic (exact) mass is 236 g/mol. The van der Waals surface area contributed by atoms with Gasteiger partial charge in [-0.1, -0.05) is 19.1 Å². The standard InChI is InChI=1S/C11H12N2O2S/c1-2-7-5-8(10(15)6-9(7)14)13-4-3-11(16)12-13/h3-6,14-15H,2H2,1H3,(H,12,16). The van der Waals surface area contributed by atoms with Gasteiger partial charge < -0.3 is 10.2 Å². The van der Waals surface area contributed by atoms with E-state index < -0.39 is 0 Å². The number of rotatable bonds is 2. The van der Waals surface area contributed by atoms with Gasteiger partial charge in [0.1, 0.15) is 21.8 Å². The van der Waals surface area contributed by atoms with E-state index in [1.165, 1.54) is 6.07 Å². The van der Waals surface area contributed by atoms with Crippen molar-refractivity contribution in [3.8, 4) is 17.2 Å². The van der Waals surface area contributed by atoms with Crippen LogP contribution in [0.1, 0.15) is 12.5 Å². The summed E-state index contributed by atoms with van der Waals surface area (Å²) in [6.45, 7) is 1.94. The quantitative estimate of drug-likeness (QED) is 0.702. The highest BCUT2D eigenvalue weighted by atomic mass is 32.1. The smallest absolute Gasteiger partial charge is 0.144 e. The highest BCUT2D eigenvalue weighted by Gasteiger charge is 2.08. The third-order valence-electron chi connectivity index (χ3n) is 2.42. The van der Waals surface area contributed by atoms with Gasteiger partial charge in [0.05, 0.1) is 0 Å². The normalized spacial score (nSPS) is 10.6. The van der Waals surface area contributed by atoms with Crippen LogP contribution in [0.3, 0.4) is 0 Å². The van der Waals surface area contributed by atoms with Gasteiger partial charge in [0.25, 0.3) is 0 Å². The number of aromatic hydroxyl groups is 2. The Morgan fingerprint density at radius 1 is 1.31 bits per heavy atom. The van der Waals surface area contributed by atoms with Crippen LogP contribution in [0.15, 0.2) is 24.4 Å². The van der Waals surface area contributed by atoms with E-state index in [1.54, 1.807) is 23.0 Å². The molecule has 0 unspecified atom stereocenters. The molecule has 0 bridgehead atoms. The maximum Gasteiger partial charge on any atom is 0.144 e. The Balaban J connectivity index is 2.60. The molecule has 16 heavy (non-hydrogen) atoms. The minimum absolute atomic E-state index is 0.0107. The summed E-state index contributed by atoms with van der Waals surface area (Å²) in [6.07, 6.45) is 2.43. The Hall–Kier alpha value is -1.75. The fourth-order valence-corrected chi connectivity index (χ4v) is 1.72. The number of benzene rings is 1. The lowest BCUT2D eigenvalue weighted by atomic mass is 10.1. The molecule has 0 amide bonds. The lowest BCUT2D eigenvalue weighted by Crippen LogP contribution is -1.96. The molecule has 0 saturated heterocycles. The third-order valence-corrected chi connectivity index (χ3v) is 2.65. The Bertz CT molecular complexity index is 572. The molecule has 0 spiro atoms. The first-order chi connectivity index (χ1) is 7.61. The summed E-state index contributed by atoms with van der Waals surface area (Å²) in [7, 11) is 0. The second kappa shape index (κ2) is 4.02. The van der Waals surface area contributed by atoms with Crippen molar-refractivity contribution in [3.05, 3.63) is 34.6 Å². The van der Waals surface area contributed by atoms with Crippen LogP contribution >= 0.6 is 12.2 Å². The summed E-state index contributed by atoms with van der Waals surface area (Å²) >= 11 is 4.96. The number of nitrogens with zero attached hydrogens (tertiary/aromatic N) is 1. The van der Waals surface area contributed by atoms with Gasteiger partial charge in [-0.3, -0.25) is 9.78 Å². The average Bonchev–Trinajstić information content (AvgIpc) is 2.65. The molecule has 0 atom stereocenters. The highest BCUT2D eigenvalue weighted by Crippen LogP contribution is 2.29. The van der Waals surface area contributed by atoms with Crippen molar-refractivity contribution in [2.24, 2.45) is 0 Å². The molecule has 5 heteroatoms. The van der Waals surface area contributed by atoms with Crippen molar-refractivity contribution in [2.45, 2.75) is 13.3 Å². The number of hydrogen-bond acceptors (Lipinski definition) is 3. The number of nitrogens with one attached hydrogen (secondary N) is 1. The van der Waals surface area contributed by atoms with Gasteiger partial charge in [0.15, 0.2) is 0 Å². The molecule has 3 N–H and O–H groups in total. The molecule has 0 saturated carbocycles. The number of aromatic amines is 1. The van der Waals surface area contributed by atoms with Crippen LogP contribution in [0.5, 0.6) is 11.5 Å². The summed E-state index contributed by atoms with van der Waals surface area (Å²) in [5.41, 5.74) is 1.35. The molecule has 4 nitrogen and oxygen atoms in total. The van der Waals surface area contributed by atoms with Crippen molar-refractivity contribution >= 4 is 12.2 Å². The number of hydrogen-bond donors (Lipinski definition) is 3. The molecule has 2 rings (SSSR count). The van der Waals surface area contributed by atoms with Crippen LogP contribution in [-0.4, -0.2) is 20.0 Å². The number of H-pyrrole nitrogens is 1. The van der Waals surface area contributed by atoms with Gasteiger partial charge >= 0.3 is 0 Å². The number of aromatic nitrogens is 2. The predicted octanol–water partition coefficient (Wildman–Crippen LogP) is 2.51. The summed E-state index contributed by atoms with van der Waals surface area (Å²) in [4.78, 5) is 0. The van der Waals surface area contributed by atoms with Crippen LogP contribution < -0.4 is 0 Å². The lowest BCUT2D eigenvalue weighted by molar-refractivity contribution is 0.443. The molecular formula is C11H12N2O2S. The molecule has 1 aromatic carbocycles. The highest BCUT2D eigenvalue weighted by molar-refractivity contribution is 7.71.